The zero-order valence-electron chi connectivity index (χ0n) is 12.5. The Balaban J connectivity index is 1.68. The zero-order valence-corrected chi connectivity index (χ0v) is 13.2. The van der Waals surface area contributed by atoms with Gasteiger partial charge in [-0.1, -0.05) is 24.1 Å². The van der Waals surface area contributed by atoms with Gasteiger partial charge in [-0.15, -0.1) is 0 Å². The number of rotatable bonds is 7. The molecule has 0 aromatic heterocycles. The Hall–Kier alpha value is -0.990. The van der Waals surface area contributed by atoms with Crippen molar-refractivity contribution in [2.45, 2.75) is 51.7 Å². The molecule has 0 saturated carbocycles. The Kier molecular flexibility index (Phi) is 5.11. The molecular weight excluding hydrogens is 272 g/mol. The van der Waals surface area contributed by atoms with Crippen molar-refractivity contribution in [1.82, 2.24) is 0 Å². The lowest BCUT2D eigenvalue weighted by atomic mass is 9.99. The van der Waals surface area contributed by atoms with E-state index in [1.165, 1.54) is 5.57 Å². The summed E-state index contributed by atoms with van der Waals surface area (Å²) in [7, 11) is 0. The molecule has 2 nitrogen and oxygen atoms in total. The van der Waals surface area contributed by atoms with Crippen LogP contribution in [0, 0.1) is 0 Å². The van der Waals surface area contributed by atoms with E-state index in [1.54, 1.807) is 0 Å². The van der Waals surface area contributed by atoms with Crippen molar-refractivity contribution in [2.24, 2.45) is 0 Å². The van der Waals surface area contributed by atoms with Gasteiger partial charge in [-0.05, 0) is 63.5 Å². The van der Waals surface area contributed by atoms with E-state index in [4.69, 9.17) is 21.1 Å². The topological polar surface area (TPSA) is 21.8 Å². The molecule has 0 radical (unpaired) electrons. The molecule has 2 rings (SSSR count). The Morgan fingerprint density at radius 2 is 2.10 bits per heavy atom. The van der Waals surface area contributed by atoms with Crippen molar-refractivity contribution >= 4 is 11.6 Å². The molecular formula is C17H23ClO2. The van der Waals surface area contributed by atoms with Crippen LogP contribution in [0.2, 0.25) is 5.02 Å². The van der Waals surface area contributed by atoms with Gasteiger partial charge in [-0.3, -0.25) is 0 Å². The van der Waals surface area contributed by atoms with Gasteiger partial charge in [0.25, 0.3) is 0 Å². The van der Waals surface area contributed by atoms with Gasteiger partial charge in [-0.25, -0.2) is 0 Å². The molecule has 1 aromatic rings. The third-order valence-corrected chi connectivity index (χ3v) is 4.29. The molecule has 0 spiro atoms. The van der Waals surface area contributed by atoms with Crippen LogP contribution >= 0.6 is 11.6 Å². The van der Waals surface area contributed by atoms with Gasteiger partial charge in [0.1, 0.15) is 12.4 Å². The van der Waals surface area contributed by atoms with Gasteiger partial charge in [0.2, 0.25) is 0 Å². The minimum Gasteiger partial charge on any atom is -0.490 e. The summed E-state index contributed by atoms with van der Waals surface area (Å²) in [6.07, 6.45) is 5.85. The summed E-state index contributed by atoms with van der Waals surface area (Å²) in [5.74, 6) is 0.850. The lowest BCUT2D eigenvalue weighted by Gasteiger charge is -2.05. The average Bonchev–Trinajstić information content (AvgIpc) is 3.10. The Morgan fingerprint density at radius 3 is 2.70 bits per heavy atom. The van der Waals surface area contributed by atoms with Crippen LogP contribution in [-0.2, 0) is 4.74 Å². The third kappa shape index (κ3) is 4.26. The molecule has 1 aliphatic rings. The fraction of sp³-hybridized carbons (Fsp3) is 0.529. The van der Waals surface area contributed by atoms with Crippen molar-refractivity contribution in [3.8, 4) is 5.75 Å². The molecule has 1 aliphatic heterocycles. The van der Waals surface area contributed by atoms with Gasteiger partial charge < -0.3 is 9.47 Å². The van der Waals surface area contributed by atoms with E-state index in [9.17, 15) is 0 Å². The van der Waals surface area contributed by atoms with Gasteiger partial charge in [-0.2, -0.15) is 0 Å². The molecule has 1 saturated heterocycles. The smallest absolute Gasteiger partial charge is 0.119 e. The van der Waals surface area contributed by atoms with E-state index in [0.29, 0.717) is 12.7 Å². The first-order chi connectivity index (χ1) is 9.53. The van der Waals surface area contributed by atoms with Crippen LogP contribution in [0.5, 0.6) is 5.75 Å². The summed E-state index contributed by atoms with van der Waals surface area (Å²) in [5.41, 5.74) is 1.49. The monoisotopic (exact) mass is 294 g/mol. The maximum absolute atomic E-state index is 5.83. The summed E-state index contributed by atoms with van der Waals surface area (Å²) in [6, 6.07) is 7.44. The lowest BCUT2D eigenvalue weighted by molar-refractivity contribution is 0.300. The number of benzene rings is 1. The van der Waals surface area contributed by atoms with Gasteiger partial charge in [0, 0.05) is 5.02 Å². The number of hydrogen-bond acceptors (Lipinski definition) is 2. The predicted molar refractivity (Wildman–Crippen MR) is 83.5 cm³/mol. The molecule has 2 atom stereocenters. The fourth-order valence-electron chi connectivity index (χ4n) is 2.24. The van der Waals surface area contributed by atoms with E-state index in [-0.39, 0.29) is 5.60 Å². The van der Waals surface area contributed by atoms with Crippen LogP contribution in [0.3, 0.4) is 0 Å². The maximum atomic E-state index is 5.83. The SMILES string of the molecule is CCC1(C)OC1CC/C(C)=C/COc1ccc(Cl)cc1. The van der Waals surface area contributed by atoms with Crippen molar-refractivity contribution in [2.75, 3.05) is 6.61 Å². The molecule has 110 valence electrons. The molecule has 0 aliphatic carbocycles. The first kappa shape index (κ1) is 15.4. The fourth-order valence-corrected chi connectivity index (χ4v) is 2.36. The van der Waals surface area contributed by atoms with Crippen LogP contribution in [-0.4, -0.2) is 18.3 Å². The highest BCUT2D eigenvalue weighted by atomic mass is 35.5. The minimum absolute atomic E-state index is 0.139. The normalized spacial score (nSPS) is 25.6. The summed E-state index contributed by atoms with van der Waals surface area (Å²) >= 11 is 5.83. The van der Waals surface area contributed by atoms with E-state index in [2.05, 4.69) is 26.8 Å². The van der Waals surface area contributed by atoms with E-state index in [0.717, 1.165) is 30.0 Å². The number of allylic oxidation sites excluding steroid dienone is 1. The molecule has 0 bridgehead atoms. The first-order valence-corrected chi connectivity index (χ1v) is 7.63. The van der Waals surface area contributed by atoms with Crippen LogP contribution in [0.25, 0.3) is 0 Å². The zero-order chi connectivity index (χ0) is 14.6. The number of epoxide rings is 1. The number of ether oxygens (including phenoxy) is 2. The van der Waals surface area contributed by atoms with E-state index >= 15 is 0 Å². The minimum atomic E-state index is 0.139. The van der Waals surface area contributed by atoms with Crippen molar-refractivity contribution < 1.29 is 9.47 Å². The summed E-state index contributed by atoms with van der Waals surface area (Å²) in [5, 5.41) is 0.729. The molecule has 1 fully saturated rings. The van der Waals surface area contributed by atoms with Crippen LogP contribution < -0.4 is 4.74 Å². The summed E-state index contributed by atoms with van der Waals surface area (Å²) in [6.45, 7) is 7.13. The Labute approximate surface area is 126 Å². The number of halogens is 1. The summed E-state index contributed by atoms with van der Waals surface area (Å²) in [4.78, 5) is 0. The molecule has 1 heterocycles. The molecule has 0 N–H and O–H groups in total. The molecule has 20 heavy (non-hydrogen) atoms. The highest BCUT2D eigenvalue weighted by Gasteiger charge is 2.49. The Bertz CT molecular complexity index is 466. The van der Waals surface area contributed by atoms with Crippen LogP contribution in [0.15, 0.2) is 35.9 Å². The van der Waals surface area contributed by atoms with Gasteiger partial charge >= 0.3 is 0 Å². The van der Waals surface area contributed by atoms with Crippen molar-refractivity contribution in [3.63, 3.8) is 0 Å². The van der Waals surface area contributed by atoms with Crippen molar-refractivity contribution in [1.29, 1.82) is 0 Å². The standard InChI is InChI=1S/C17H23ClO2/c1-4-17(3)16(20-17)10-5-13(2)11-12-19-15-8-6-14(18)7-9-15/h6-9,11,16H,4-5,10,12H2,1-3H3/b13-11+. The molecule has 2 unspecified atom stereocenters. The average molecular weight is 295 g/mol. The van der Waals surface area contributed by atoms with E-state index < -0.39 is 0 Å². The van der Waals surface area contributed by atoms with Crippen LogP contribution in [0.4, 0.5) is 0 Å². The molecule has 0 amide bonds. The third-order valence-electron chi connectivity index (χ3n) is 4.03. The highest BCUT2D eigenvalue weighted by molar-refractivity contribution is 6.30. The second kappa shape index (κ2) is 6.64. The van der Waals surface area contributed by atoms with Crippen LogP contribution in [0.1, 0.15) is 40.0 Å². The largest absolute Gasteiger partial charge is 0.490 e. The van der Waals surface area contributed by atoms with Gasteiger partial charge in [0.05, 0.1) is 11.7 Å². The highest BCUT2D eigenvalue weighted by Crippen LogP contribution is 2.42. The molecule has 3 heteroatoms. The Morgan fingerprint density at radius 1 is 1.40 bits per heavy atom. The van der Waals surface area contributed by atoms with Crippen molar-refractivity contribution in [3.05, 3.63) is 40.9 Å². The molecule has 1 aromatic carbocycles. The second-order valence-electron chi connectivity index (χ2n) is 5.63. The number of hydrogen-bond donors (Lipinski definition) is 0. The maximum Gasteiger partial charge on any atom is 0.119 e. The second-order valence-corrected chi connectivity index (χ2v) is 6.06. The summed E-state index contributed by atoms with van der Waals surface area (Å²) < 4.78 is 11.4. The van der Waals surface area contributed by atoms with E-state index in [1.807, 2.05) is 24.3 Å². The van der Waals surface area contributed by atoms with Gasteiger partial charge in [0.15, 0.2) is 0 Å². The quantitative estimate of drug-likeness (QED) is 0.521. The first-order valence-electron chi connectivity index (χ1n) is 7.25. The lowest BCUT2D eigenvalue weighted by Crippen LogP contribution is -2.07. The predicted octanol–water partition coefficient (Wildman–Crippen LogP) is 5.01.